The van der Waals surface area contributed by atoms with E-state index in [-0.39, 0.29) is 5.91 Å². The summed E-state index contributed by atoms with van der Waals surface area (Å²) in [5.74, 6) is 3.22. The molecule has 41 heavy (non-hydrogen) atoms. The van der Waals surface area contributed by atoms with Crippen LogP contribution < -0.4 is 9.64 Å². The molecule has 5 heteroatoms. The number of nitrogens with zero attached hydrogens (tertiary/aromatic N) is 1. The maximum absolute atomic E-state index is 12.5. The largest absolute Gasteiger partial charge is 0.423 e. The van der Waals surface area contributed by atoms with Gasteiger partial charge in [-0.25, -0.2) is 4.79 Å². The molecule has 5 nitrogen and oxygen atoms in total. The second kappa shape index (κ2) is 13.7. The van der Waals surface area contributed by atoms with E-state index in [1.807, 2.05) is 0 Å². The van der Waals surface area contributed by atoms with E-state index in [1.165, 1.54) is 99.3 Å². The third-order valence-corrected chi connectivity index (χ3v) is 9.68. The first kappa shape index (κ1) is 29.3. The Balaban J connectivity index is 1.08. The van der Waals surface area contributed by atoms with Crippen LogP contribution in [-0.2, 0) is 9.59 Å². The summed E-state index contributed by atoms with van der Waals surface area (Å²) in [5, 5.41) is 10.00. The molecule has 1 amide bonds. The van der Waals surface area contributed by atoms with Crippen LogP contribution >= 0.6 is 0 Å². The second-order valence-electron chi connectivity index (χ2n) is 12.4. The number of hydrogen-bond acceptors (Lipinski definition) is 4. The number of benzene rings is 2. The van der Waals surface area contributed by atoms with Crippen molar-refractivity contribution in [3.63, 3.8) is 0 Å². The van der Waals surface area contributed by atoms with E-state index in [1.54, 1.807) is 31.2 Å². The van der Waals surface area contributed by atoms with Crippen molar-refractivity contribution in [2.45, 2.75) is 96.6 Å². The SMILES string of the molecule is CCCCC1CCC(C2CCC(c3ccc(/C=C/C(=O)Oc4ccc(N5C(=O)C=CC5O)cc4C)cc3)CC2)CC1. The lowest BCUT2D eigenvalue weighted by Gasteiger charge is -2.38. The van der Waals surface area contributed by atoms with Gasteiger partial charge in [0.15, 0.2) is 6.23 Å². The van der Waals surface area contributed by atoms with Crippen LogP contribution in [0.3, 0.4) is 0 Å². The maximum Gasteiger partial charge on any atom is 0.336 e. The van der Waals surface area contributed by atoms with E-state index in [0.717, 1.165) is 23.3 Å². The average molecular weight is 556 g/mol. The Morgan fingerprint density at radius 3 is 2.27 bits per heavy atom. The monoisotopic (exact) mass is 555 g/mol. The van der Waals surface area contributed by atoms with Crippen LogP contribution in [0.2, 0.25) is 0 Å². The molecule has 1 N–H and O–H groups in total. The molecule has 0 aromatic heterocycles. The number of carbonyl (C=O) groups excluding carboxylic acids is 2. The number of ether oxygens (including phenoxy) is 1. The Morgan fingerprint density at radius 1 is 0.976 bits per heavy atom. The standard InChI is InChI=1S/C36H45NO4/c1-3-4-5-26-6-11-28(12-7-26)30-15-17-31(18-16-30)29-13-8-27(9-14-29)10-23-36(40)41-33-20-19-32(24-25(33)2)37-34(38)21-22-35(37)39/h8-10,13-14,19-24,26,28,30-31,34,38H,3-7,11-12,15-18H2,1-2H3/b23-10+. The highest BCUT2D eigenvalue weighted by molar-refractivity contribution is 6.04. The fourth-order valence-corrected chi connectivity index (χ4v) is 7.19. The van der Waals surface area contributed by atoms with Crippen molar-refractivity contribution in [3.05, 3.63) is 77.4 Å². The predicted octanol–water partition coefficient (Wildman–Crippen LogP) is 8.11. The summed E-state index contributed by atoms with van der Waals surface area (Å²) in [4.78, 5) is 25.8. The molecular formula is C36H45NO4. The molecule has 2 aliphatic carbocycles. The number of aryl methyl sites for hydroxylation is 1. The van der Waals surface area contributed by atoms with E-state index in [9.17, 15) is 14.7 Å². The minimum Gasteiger partial charge on any atom is -0.423 e. The zero-order valence-electron chi connectivity index (χ0n) is 24.6. The smallest absolute Gasteiger partial charge is 0.336 e. The molecule has 2 aromatic carbocycles. The number of esters is 1. The average Bonchev–Trinajstić information content (AvgIpc) is 3.34. The Hall–Kier alpha value is -3.18. The van der Waals surface area contributed by atoms with Gasteiger partial charge in [0.05, 0.1) is 0 Å². The van der Waals surface area contributed by atoms with Crippen molar-refractivity contribution >= 4 is 23.6 Å². The minimum absolute atomic E-state index is 0.279. The zero-order chi connectivity index (χ0) is 28.8. The molecule has 2 aromatic rings. The first-order valence-electron chi connectivity index (χ1n) is 15.7. The number of anilines is 1. The van der Waals surface area contributed by atoms with Gasteiger partial charge >= 0.3 is 5.97 Å². The Kier molecular flexibility index (Phi) is 9.76. The number of aliphatic hydroxyl groups is 1. The molecule has 5 rings (SSSR count). The third kappa shape index (κ3) is 7.37. The minimum atomic E-state index is -0.982. The summed E-state index contributed by atoms with van der Waals surface area (Å²) < 4.78 is 5.53. The van der Waals surface area contributed by atoms with Crippen molar-refractivity contribution in [2.75, 3.05) is 4.90 Å². The normalized spacial score (nSPS) is 26.6. The van der Waals surface area contributed by atoms with E-state index >= 15 is 0 Å². The summed E-state index contributed by atoms with van der Waals surface area (Å²) >= 11 is 0. The van der Waals surface area contributed by atoms with Crippen molar-refractivity contribution in [3.8, 4) is 5.75 Å². The molecule has 1 unspecified atom stereocenters. The fraction of sp³-hybridized carbons (Fsp3) is 0.500. The lowest BCUT2D eigenvalue weighted by Crippen LogP contribution is -2.33. The summed E-state index contributed by atoms with van der Waals surface area (Å²) in [6.45, 7) is 4.11. The zero-order valence-corrected chi connectivity index (χ0v) is 24.6. The Labute approximate surface area is 245 Å². The predicted molar refractivity (Wildman–Crippen MR) is 165 cm³/mol. The van der Waals surface area contributed by atoms with Gasteiger partial charge in [0.2, 0.25) is 0 Å². The van der Waals surface area contributed by atoms with Crippen molar-refractivity contribution in [1.82, 2.24) is 0 Å². The first-order chi connectivity index (χ1) is 19.9. The van der Waals surface area contributed by atoms with Gasteiger partial charge in [0, 0.05) is 17.8 Å². The molecule has 218 valence electrons. The molecule has 0 radical (unpaired) electrons. The van der Waals surface area contributed by atoms with Gasteiger partial charge in [-0.2, -0.15) is 0 Å². The highest BCUT2D eigenvalue weighted by atomic mass is 16.5. The fourth-order valence-electron chi connectivity index (χ4n) is 7.19. The van der Waals surface area contributed by atoms with Crippen LogP contribution in [0, 0.1) is 24.7 Å². The number of hydrogen-bond donors (Lipinski definition) is 1. The van der Waals surface area contributed by atoms with Crippen LogP contribution in [0.25, 0.3) is 6.08 Å². The topological polar surface area (TPSA) is 66.8 Å². The summed E-state index contributed by atoms with van der Waals surface area (Å²) in [6.07, 6.45) is 20.4. The number of amides is 1. The van der Waals surface area contributed by atoms with Gasteiger partial charge in [-0.3, -0.25) is 9.69 Å². The first-order valence-corrected chi connectivity index (χ1v) is 15.7. The Morgan fingerprint density at radius 2 is 1.66 bits per heavy atom. The molecule has 0 saturated heterocycles. The van der Waals surface area contributed by atoms with Gasteiger partial charge in [0.1, 0.15) is 5.75 Å². The van der Waals surface area contributed by atoms with Crippen molar-refractivity contribution in [2.24, 2.45) is 17.8 Å². The molecular weight excluding hydrogens is 510 g/mol. The van der Waals surface area contributed by atoms with Crippen LogP contribution in [0.5, 0.6) is 5.75 Å². The van der Waals surface area contributed by atoms with Gasteiger partial charge in [-0.05, 0) is 116 Å². The van der Waals surface area contributed by atoms with Crippen LogP contribution in [-0.4, -0.2) is 23.2 Å². The molecule has 0 spiro atoms. The van der Waals surface area contributed by atoms with Crippen molar-refractivity contribution in [1.29, 1.82) is 0 Å². The second-order valence-corrected chi connectivity index (χ2v) is 12.4. The maximum atomic E-state index is 12.5. The molecule has 1 heterocycles. The molecule has 3 aliphatic rings. The lowest BCUT2D eigenvalue weighted by atomic mass is 9.68. The summed E-state index contributed by atoms with van der Waals surface area (Å²) in [5.41, 5.74) is 3.65. The van der Waals surface area contributed by atoms with E-state index < -0.39 is 12.2 Å². The van der Waals surface area contributed by atoms with Crippen LogP contribution in [0.1, 0.15) is 100 Å². The number of unbranched alkanes of at least 4 members (excludes halogenated alkanes) is 1. The van der Waals surface area contributed by atoms with Crippen LogP contribution in [0.15, 0.2) is 60.7 Å². The lowest BCUT2D eigenvalue weighted by molar-refractivity contribution is -0.129. The number of aliphatic hydroxyl groups excluding tert-OH is 1. The van der Waals surface area contributed by atoms with Gasteiger partial charge < -0.3 is 9.84 Å². The van der Waals surface area contributed by atoms with Gasteiger partial charge in [-0.1, -0.05) is 63.3 Å². The number of rotatable bonds is 9. The van der Waals surface area contributed by atoms with Crippen molar-refractivity contribution < 1.29 is 19.4 Å². The summed E-state index contributed by atoms with van der Waals surface area (Å²) in [7, 11) is 0. The quantitative estimate of drug-likeness (QED) is 0.193. The van der Waals surface area contributed by atoms with Gasteiger partial charge in [0.25, 0.3) is 5.91 Å². The number of carbonyl (C=O) groups is 2. The van der Waals surface area contributed by atoms with E-state index in [4.69, 9.17) is 4.74 Å². The Bertz CT molecular complexity index is 1250. The van der Waals surface area contributed by atoms with E-state index in [2.05, 4.69) is 31.2 Å². The third-order valence-electron chi connectivity index (χ3n) is 9.68. The summed E-state index contributed by atoms with van der Waals surface area (Å²) in [6, 6.07) is 13.7. The van der Waals surface area contributed by atoms with Crippen LogP contribution in [0.4, 0.5) is 5.69 Å². The van der Waals surface area contributed by atoms with E-state index in [0.29, 0.717) is 22.9 Å². The molecule has 2 fully saturated rings. The highest BCUT2D eigenvalue weighted by Gasteiger charge is 2.31. The molecule has 1 atom stereocenters. The molecule has 0 bridgehead atoms. The molecule has 2 saturated carbocycles. The van der Waals surface area contributed by atoms with Gasteiger partial charge in [-0.15, -0.1) is 0 Å². The molecule has 1 aliphatic heterocycles. The highest BCUT2D eigenvalue weighted by Crippen LogP contribution is 2.44.